The van der Waals surface area contributed by atoms with Gasteiger partial charge in [-0.05, 0) is 38.4 Å². The van der Waals surface area contributed by atoms with E-state index in [1.807, 2.05) is 25.1 Å². The molecule has 110 valence electrons. The summed E-state index contributed by atoms with van der Waals surface area (Å²) >= 11 is 0. The molecule has 0 bridgehead atoms. The van der Waals surface area contributed by atoms with E-state index in [1.54, 1.807) is 0 Å². The summed E-state index contributed by atoms with van der Waals surface area (Å²) in [5.41, 5.74) is 0.942. The molecule has 1 aromatic heterocycles. The second kappa shape index (κ2) is 7.46. The van der Waals surface area contributed by atoms with E-state index in [4.69, 9.17) is 9.15 Å². The number of nitrogens with one attached hydrogen (secondary N) is 1. The molecule has 0 fully saturated rings. The van der Waals surface area contributed by atoms with Gasteiger partial charge in [0.05, 0.1) is 12.1 Å². The Morgan fingerprint density at radius 1 is 1.20 bits per heavy atom. The molecule has 2 unspecified atom stereocenters. The van der Waals surface area contributed by atoms with Crippen LogP contribution in [0.3, 0.4) is 0 Å². The monoisotopic (exact) mass is 275 g/mol. The third kappa shape index (κ3) is 3.41. The molecule has 0 aliphatic rings. The van der Waals surface area contributed by atoms with Crippen LogP contribution in [-0.4, -0.2) is 19.3 Å². The van der Waals surface area contributed by atoms with Gasteiger partial charge in [0, 0.05) is 12.0 Å². The van der Waals surface area contributed by atoms with Crippen LogP contribution in [-0.2, 0) is 4.74 Å². The van der Waals surface area contributed by atoms with Crippen molar-refractivity contribution in [3.05, 3.63) is 36.1 Å². The second-order valence-electron chi connectivity index (χ2n) is 5.02. The third-order valence-electron chi connectivity index (χ3n) is 3.52. The minimum absolute atomic E-state index is 0.118. The molecule has 0 amide bonds. The fourth-order valence-electron chi connectivity index (χ4n) is 2.53. The van der Waals surface area contributed by atoms with Crippen molar-refractivity contribution in [1.82, 2.24) is 5.32 Å². The van der Waals surface area contributed by atoms with Crippen molar-refractivity contribution in [3.63, 3.8) is 0 Å². The zero-order valence-electron chi connectivity index (χ0n) is 12.7. The molecular formula is C17H25NO2. The quantitative estimate of drug-likeness (QED) is 0.780. The summed E-state index contributed by atoms with van der Waals surface area (Å²) in [6, 6.07) is 10.4. The number of fused-ring (bicyclic) bond motifs is 1. The van der Waals surface area contributed by atoms with E-state index in [-0.39, 0.29) is 12.1 Å². The smallest absolute Gasteiger partial charge is 0.134 e. The lowest BCUT2D eigenvalue weighted by molar-refractivity contribution is 0.0263. The first-order valence-corrected chi connectivity index (χ1v) is 7.63. The average molecular weight is 275 g/mol. The molecule has 0 aliphatic heterocycles. The van der Waals surface area contributed by atoms with Crippen molar-refractivity contribution in [2.45, 2.75) is 45.8 Å². The molecule has 2 atom stereocenters. The van der Waals surface area contributed by atoms with Crippen LogP contribution in [0, 0.1) is 0 Å². The highest BCUT2D eigenvalue weighted by Gasteiger charge is 2.24. The Kier molecular flexibility index (Phi) is 5.62. The molecule has 3 nitrogen and oxygen atoms in total. The zero-order valence-corrected chi connectivity index (χ0v) is 12.7. The Morgan fingerprint density at radius 3 is 2.65 bits per heavy atom. The summed E-state index contributed by atoms with van der Waals surface area (Å²) in [7, 11) is 0. The molecule has 0 spiro atoms. The van der Waals surface area contributed by atoms with Crippen LogP contribution in [0.5, 0.6) is 0 Å². The largest absolute Gasteiger partial charge is 0.459 e. The van der Waals surface area contributed by atoms with Gasteiger partial charge in [-0.15, -0.1) is 0 Å². The third-order valence-corrected chi connectivity index (χ3v) is 3.52. The van der Waals surface area contributed by atoms with E-state index in [0.717, 1.165) is 42.7 Å². The van der Waals surface area contributed by atoms with Crippen molar-refractivity contribution in [2.24, 2.45) is 0 Å². The minimum atomic E-state index is 0.118. The second-order valence-corrected chi connectivity index (χ2v) is 5.02. The molecular weight excluding hydrogens is 250 g/mol. The minimum Gasteiger partial charge on any atom is -0.459 e. The maximum atomic E-state index is 6.01. The van der Waals surface area contributed by atoms with Gasteiger partial charge in [-0.3, -0.25) is 0 Å². The summed E-state index contributed by atoms with van der Waals surface area (Å²) in [5.74, 6) is 0.972. The molecule has 0 saturated heterocycles. The lowest BCUT2D eigenvalue weighted by Crippen LogP contribution is -2.33. The van der Waals surface area contributed by atoms with Crippen molar-refractivity contribution in [1.29, 1.82) is 0 Å². The fraction of sp³-hybridized carbons (Fsp3) is 0.529. The molecule has 0 radical (unpaired) electrons. The molecule has 1 N–H and O–H groups in total. The number of furan rings is 1. The first-order chi connectivity index (χ1) is 9.80. The Labute approximate surface area is 121 Å². The van der Waals surface area contributed by atoms with Gasteiger partial charge in [0.25, 0.3) is 0 Å². The zero-order chi connectivity index (χ0) is 14.4. The highest BCUT2D eigenvalue weighted by molar-refractivity contribution is 5.77. The van der Waals surface area contributed by atoms with Gasteiger partial charge in [0.1, 0.15) is 11.3 Å². The highest BCUT2D eigenvalue weighted by Crippen LogP contribution is 2.28. The summed E-state index contributed by atoms with van der Waals surface area (Å²) in [5, 5.41) is 4.71. The van der Waals surface area contributed by atoms with E-state index >= 15 is 0 Å². The predicted molar refractivity (Wildman–Crippen MR) is 83.0 cm³/mol. The molecule has 2 rings (SSSR count). The van der Waals surface area contributed by atoms with Crippen molar-refractivity contribution < 1.29 is 9.15 Å². The maximum absolute atomic E-state index is 6.01. The van der Waals surface area contributed by atoms with Gasteiger partial charge >= 0.3 is 0 Å². The number of hydrogen-bond acceptors (Lipinski definition) is 3. The van der Waals surface area contributed by atoms with Crippen LogP contribution in [0.25, 0.3) is 11.0 Å². The first kappa shape index (κ1) is 15.1. The molecule has 0 aliphatic carbocycles. The van der Waals surface area contributed by atoms with Crippen molar-refractivity contribution >= 4 is 11.0 Å². The van der Waals surface area contributed by atoms with Gasteiger partial charge in [-0.2, -0.15) is 0 Å². The molecule has 0 saturated carbocycles. The summed E-state index contributed by atoms with van der Waals surface area (Å²) in [4.78, 5) is 0. The Bertz CT molecular complexity index is 487. The van der Waals surface area contributed by atoms with Gasteiger partial charge in [0.2, 0.25) is 0 Å². The average Bonchev–Trinajstić information content (AvgIpc) is 2.90. The number of rotatable bonds is 8. The lowest BCUT2D eigenvalue weighted by Gasteiger charge is -2.25. The number of hydrogen-bond donors (Lipinski definition) is 1. The summed E-state index contributed by atoms with van der Waals surface area (Å²) in [6.45, 7) is 8.06. The van der Waals surface area contributed by atoms with Crippen LogP contribution in [0.15, 0.2) is 34.7 Å². The number of para-hydroxylation sites is 1. The van der Waals surface area contributed by atoms with E-state index in [0.29, 0.717) is 0 Å². The SMILES string of the molecule is CCCNC(c1cc2ccccc2o1)C(CC)OCC. The Morgan fingerprint density at radius 2 is 2.00 bits per heavy atom. The number of benzene rings is 1. The topological polar surface area (TPSA) is 34.4 Å². The van der Waals surface area contributed by atoms with Crippen LogP contribution < -0.4 is 5.32 Å². The van der Waals surface area contributed by atoms with Crippen LogP contribution >= 0.6 is 0 Å². The Balaban J connectivity index is 2.28. The van der Waals surface area contributed by atoms with Crippen LogP contribution in [0.4, 0.5) is 0 Å². The summed E-state index contributed by atoms with van der Waals surface area (Å²) in [6.07, 6.45) is 2.21. The van der Waals surface area contributed by atoms with E-state index in [2.05, 4.69) is 31.3 Å². The van der Waals surface area contributed by atoms with Gasteiger partial charge < -0.3 is 14.5 Å². The van der Waals surface area contributed by atoms with Crippen LogP contribution in [0.1, 0.15) is 45.4 Å². The van der Waals surface area contributed by atoms with Crippen molar-refractivity contribution in [3.8, 4) is 0 Å². The standard InChI is InChI=1S/C17H25NO2/c1-4-11-18-17(14(5-2)19-6-3)16-12-13-9-7-8-10-15(13)20-16/h7-10,12,14,17-18H,4-6,11H2,1-3H3. The lowest BCUT2D eigenvalue weighted by atomic mass is 10.1. The molecule has 20 heavy (non-hydrogen) atoms. The molecule has 1 aromatic carbocycles. The Hall–Kier alpha value is -1.32. The van der Waals surface area contributed by atoms with Gasteiger partial charge in [-0.25, -0.2) is 0 Å². The summed E-state index contributed by atoms with van der Waals surface area (Å²) < 4.78 is 11.9. The van der Waals surface area contributed by atoms with E-state index in [9.17, 15) is 0 Å². The maximum Gasteiger partial charge on any atom is 0.134 e. The first-order valence-electron chi connectivity index (χ1n) is 7.63. The molecule has 3 heteroatoms. The normalized spacial score (nSPS) is 14.6. The van der Waals surface area contributed by atoms with Gasteiger partial charge in [0.15, 0.2) is 0 Å². The number of ether oxygens (including phenoxy) is 1. The van der Waals surface area contributed by atoms with Crippen molar-refractivity contribution in [2.75, 3.05) is 13.2 Å². The predicted octanol–water partition coefficient (Wildman–Crippen LogP) is 4.29. The molecule has 1 heterocycles. The highest BCUT2D eigenvalue weighted by atomic mass is 16.5. The van der Waals surface area contributed by atoms with E-state index < -0.39 is 0 Å². The van der Waals surface area contributed by atoms with Gasteiger partial charge in [-0.1, -0.05) is 32.0 Å². The van der Waals surface area contributed by atoms with Crippen LogP contribution in [0.2, 0.25) is 0 Å². The van der Waals surface area contributed by atoms with E-state index in [1.165, 1.54) is 0 Å². The fourth-order valence-corrected chi connectivity index (χ4v) is 2.53. The molecule has 2 aromatic rings.